The number of aryl methyl sites for hydroxylation is 2. The second-order valence-corrected chi connectivity index (χ2v) is 5.07. The molecule has 0 heterocycles. The molecular formula is C16H22N2O. The average molecular weight is 258 g/mol. The van der Waals surface area contributed by atoms with Crippen LogP contribution < -0.4 is 10.6 Å². The van der Waals surface area contributed by atoms with E-state index in [1.54, 1.807) is 12.3 Å². The molecule has 1 aliphatic rings. The summed E-state index contributed by atoms with van der Waals surface area (Å²) in [5, 5.41) is 5.60. The van der Waals surface area contributed by atoms with Crippen LogP contribution in [-0.4, -0.2) is 6.03 Å². The van der Waals surface area contributed by atoms with E-state index in [0.29, 0.717) is 0 Å². The number of allylic oxidation sites excluding steroid dienone is 1. The molecule has 3 heteroatoms. The second kappa shape index (κ2) is 6.41. The highest BCUT2D eigenvalue weighted by atomic mass is 16.2. The summed E-state index contributed by atoms with van der Waals surface area (Å²) in [5.74, 6) is 0. The minimum absolute atomic E-state index is 0.0254. The Bertz CT molecular complexity index is 480. The summed E-state index contributed by atoms with van der Waals surface area (Å²) in [7, 11) is 0. The number of rotatable bonds is 3. The first kappa shape index (κ1) is 13.7. The van der Waals surface area contributed by atoms with Crippen molar-refractivity contribution in [2.45, 2.75) is 45.6 Å². The highest BCUT2D eigenvalue weighted by Gasteiger charge is 2.13. The van der Waals surface area contributed by atoms with Gasteiger partial charge in [-0.3, -0.25) is 0 Å². The quantitative estimate of drug-likeness (QED) is 0.856. The van der Waals surface area contributed by atoms with Crippen LogP contribution in [0.2, 0.25) is 0 Å². The van der Waals surface area contributed by atoms with E-state index in [1.807, 2.05) is 13.8 Å². The van der Waals surface area contributed by atoms with Crippen molar-refractivity contribution in [2.75, 3.05) is 0 Å². The Kier molecular flexibility index (Phi) is 4.61. The van der Waals surface area contributed by atoms with Gasteiger partial charge in [0.25, 0.3) is 0 Å². The highest BCUT2D eigenvalue weighted by molar-refractivity contribution is 5.75. The third-order valence-corrected chi connectivity index (χ3v) is 3.60. The molecular weight excluding hydrogens is 236 g/mol. The maximum atomic E-state index is 11.6. The molecule has 0 bridgehead atoms. The van der Waals surface area contributed by atoms with Gasteiger partial charge in [0.1, 0.15) is 0 Å². The number of carbonyl (C=O) groups excluding carboxylic acids is 1. The highest BCUT2D eigenvalue weighted by Crippen LogP contribution is 2.24. The summed E-state index contributed by atoms with van der Waals surface area (Å²) < 4.78 is 0. The lowest BCUT2D eigenvalue weighted by Crippen LogP contribution is -2.34. The first-order chi connectivity index (χ1) is 9.20. The topological polar surface area (TPSA) is 41.1 Å². The molecule has 2 N–H and O–H groups in total. The van der Waals surface area contributed by atoms with Crippen LogP contribution in [0.15, 0.2) is 30.5 Å². The lowest BCUT2D eigenvalue weighted by atomic mass is 9.89. The van der Waals surface area contributed by atoms with Crippen molar-refractivity contribution >= 4 is 6.03 Å². The largest absolute Gasteiger partial charge is 0.331 e. The van der Waals surface area contributed by atoms with Gasteiger partial charge in [0.05, 0.1) is 6.04 Å². The van der Waals surface area contributed by atoms with E-state index in [4.69, 9.17) is 0 Å². The molecule has 1 atom stereocenters. The van der Waals surface area contributed by atoms with Gasteiger partial charge in [0.2, 0.25) is 0 Å². The minimum atomic E-state index is -0.164. The maximum absolute atomic E-state index is 11.6. The maximum Gasteiger partial charge on any atom is 0.319 e. The van der Waals surface area contributed by atoms with Gasteiger partial charge in [-0.2, -0.15) is 0 Å². The predicted molar refractivity (Wildman–Crippen MR) is 78.0 cm³/mol. The standard InChI is InChI=1S/C16H22N2O/c1-3-10-17-16(19)18-12(2)14-9-8-13-6-4-5-7-15(13)11-14/h3,8-12H,4-7H2,1-2H3,(H2,17,18,19)/b10-3+. The fraction of sp³-hybridized carbons (Fsp3) is 0.438. The molecule has 0 saturated heterocycles. The molecule has 102 valence electrons. The van der Waals surface area contributed by atoms with Crippen molar-refractivity contribution in [1.29, 1.82) is 0 Å². The van der Waals surface area contributed by atoms with Crippen LogP contribution in [0.3, 0.4) is 0 Å². The molecule has 2 amide bonds. The lowest BCUT2D eigenvalue weighted by molar-refractivity contribution is 0.241. The number of amides is 2. The molecule has 2 rings (SSSR count). The molecule has 19 heavy (non-hydrogen) atoms. The lowest BCUT2D eigenvalue weighted by Gasteiger charge is -2.20. The number of hydrogen-bond donors (Lipinski definition) is 2. The zero-order valence-corrected chi connectivity index (χ0v) is 11.7. The van der Waals surface area contributed by atoms with Crippen LogP contribution in [0.5, 0.6) is 0 Å². The van der Waals surface area contributed by atoms with Gasteiger partial charge in [-0.25, -0.2) is 4.79 Å². The molecule has 0 fully saturated rings. The van der Waals surface area contributed by atoms with E-state index >= 15 is 0 Å². The van der Waals surface area contributed by atoms with Gasteiger partial charge in [0.15, 0.2) is 0 Å². The summed E-state index contributed by atoms with van der Waals surface area (Å²) >= 11 is 0. The molecule has 0 radical (unpaired) electrons. The fourth-order valence-electron chi connectivity index (χ4n) is 2.50. The summed E-state index contributed by atoms with van der Waals surface area (Å²) in [5.41, 5.74) is 4.10. The predicted octanol–water partition coefficient (Wildman–Crippen LogP) is 3.46. The van der Waals surface area contributed by atoms with E-state index in [1.165, 1.54) is 42.4 Å². The Balaban J connectivity index is 2.02. The van der Waals surface area contributed by atoms with Crippen molar-refractivity contribution in [2.24, 2.45) is 0 Å². The van der Waals surface area contributed by atoms with E-state index in [0.717, 1.165) is 0 Å². The van der Waals surface area contributed by atoms with E-state index < -0.39 is 0 Å². The Morgan fingerprint density at radius 1 is 1.26 bits per heavy atom. The molecule has 1 aromatic carbocycles. The summed E-state index contributed by atoms with van der Waals surface area (Å²) in [6.07, 6.45) is 8.36. The molecule has 1 aliphatic carbocycles. The first-order valence-corrected chi connectivity index (χ1v) is 7.00. The number of nitrogens with one attached hydrogen (secondary N) is 2. The molecule has 3 nitrogen and oxygen atoms in total. The number of carbonyl (C=O) groups is 1. The van der Waals surface area contributed by atoms with Gasteiger partial charge in [0, 0.05) is 6.20 Å². The molecule has 0 spiro atoms. The van der Waals surface area contributed by atoms with Crippen LogP contribution in [-0.2, 0) is 12.8 Å². The number of urea groups is 1. The van der Waals surface area contributed by atoms with Gasteiger partial charge < -0.3 is 10.6 Å². The summed E-state index contributed by atoms with van der Waals surface area (Å²) in [4.78, 5) is 11.6. The zero-order valence-electron chi connectivity index (χ0n) is 11.7. The number of hydrogen-bond acceptors (Lipinski definition) is 1. The van der Waals surface area contributed by atoms with Crippen LogP contribution in [0, 0.1) is 0 Å². The Labute approximate surface area is 115 Å². The monoisotopic (exact) mass is 258 g/mol. The molecule has 0 aromatic heterocycles. The normalized spacial score (nSPS) is 15.9. The van der Waals surface area contributed by atoms with Crippen molar-refractivity contribution in [3.8, 4) is 0 Å². The van der Waals surface area contributed by atoms with E-state index in [2.05, 4.69) is 28.8 Å². The molecule has 0 aliphatic heterocycles. The Morgan fingerprint density at radius 3 is 2.74 bits per heavy atom. The van der Waals surface area contributed by atoms with Crippen molar-refractivity contribution in [3.63, 3.8) is 0 Å². The number of fused-ring (bicyclic) bond motifs is 1. The zero-order chi connectivity index (χ0) is 13.7. The average Bonchev–Trinajstić information content (AvgIpc) is 2.44. The van der Waals surface area contributed by atoms with Crippen molar-refractivity contribution in [1.82, 2.24) is 10.6 Å². The SMILES string of the molecule is C/C=C/NC(=O)NC(C)c1ccc2c(c1)CCCC2. The fourth-order valence-corrected chi connectivity index (χ4v) is 2.50. The summed E-state index contributed by atoms with van der Waals surface area (Å²) in [6, 6.07) is 6.45. The molecule has 0 saturated carbocycles. The van der Waals surface area contributed by atoms with Crippen molar-refractivity contribution in [3.05, 3.63) is 47.2 Å². The Hall–Kier alpha value is -1.77. The van der Waals surface area contributed by atoms with Crippen molar-refractivity contribution < 1.29 is 4.79 Å². The third-order valence-electron chi connectivity index (χ3n) is 3.60. The second-order valence-electron chi connectivity index (χ2n) is 5.07. The van der Waals surface area contributed by atoms with Crippen LogP contribution in [0.4, 0.5) is 4.79 Å². The van der Waals surface area contributed by atoms with Gasteiger partial charge in [-0.05, 0) is 56.2 Å². The molecule has 1 aromatic rings. The summed E-state index contributed by atoms with van der Waals surface area (Å²) in [6.45, 7) is 3.88. The van der Waals surface area contributed by atoms with Crippen LogP contribution >= 0.6 is 0 Å². The molecule has 1 unspecified atom stereocenters. The van der Waals surface area contributed by atoms with Gasteiger partial charge in [-0.15, -0.1) is 0 Å². The number of benzene rings is 1. The van der Waals surface area contributed by atoms with Gasteiger partial charge >= 0.3 is 6.03 Å². The first-order valence-electron chi connectivity index (χ1n) is 7.00. The third kappa shape index (κ3) is 3.60. The van der Waals surface area contributed by atoms with Gasteiger partial charge in [-0.1, -0.05) is 24.3 Å². The van der Waals surface area contributed by atoms with Crippen LogP contribution in [0.1, 0.15) is 49.4 Å². The smallest absolute Gasteiger partial charge is 0.319 e. The van der Waals surface area contributed by atoms with E-state index in [9.17, 15) is 4.79 Å². The van der Waals surface area contributed by atoms with E-state index in [-0.39, 0.29) is 12.1 Å². The Morgan fingerprint density at radius 2 is 2.00 bits per heavy atom. The van der Waals surface area contributed by atoms with Crippen LogP contribution in [0.25, 0.3) is 0 Å². The minimum Gasteiger partial charge on any atom is -0.331 e.